The lowest BCUT2D eigenvalue weighted by Crippen LogP contribution is -2.61. The van der Waals surface area contributed by atoms with Crippen molar-refractivity contribution in [1.29, 1.82) is 0 Å². The highest BCUT2D eigenvalue weighted by molar-refractivity contribution is 7.89. The van der Waals surface area contributed by atoms with E-state index in [2.05, 4.69) is 4.90 Å². The molecule has 46 heavy (non-hydrogen) atoms. The third-order valence-electron chi connectivity index (χ3n) is 9.73. The van der Waals surface area contributed by atoms with Gasteiger partial charge in [0.05, 0.1) is 11.5 Å². The van der Waals surface area contributed by atoms with Crippen molar-refractivity contribution in [2.75, 3.05) is 39.3 Å². The molecule has 3 aromatic carbocycles. The molecule has 1 atom stereocenters. The van der Waals surface area contributed by atoms with Crippen LogP contribution in [-0.4, -0.2) is 79.8 Å². The van der Waals surface area contributed by atoms with Crippen molar-refractivity contribution >= 4 is 15.9 Å². The molecule has 0 unspecified atom stereocenters. The monoisotopic (exact) mass is 648 g/mol. The predicted molar refractivity (Wildman–Crippen MR) is 177 cm³/mol. The molecular formula is C36H45FN4O4S. The van der Waals surface area contributed by atoms with Gasteiger partial charge in [0, 0.05) is 45.3 Å². The van der Waals surface area contributed by atoms with Gasteiger partial charge in [0.1, 0.15) is 17.6 Å². The maximum atomic E-state index is 14.1. The summed E-state index contributed by atoms with van der Waals surface area (Å²) in [5.74, 6) is 0.780. The quantitative estimate of drug-likeness (QED) is 0.340. The van der Waals surface area contributed by atoms with E-state index >= 15 is 0 Å². The number of sulfonamides is 1. The second-order valence-corrected chi connectivity index (χ2v) is 14.9. The van der Waals surface area contributed by atoms with Crippen molar-refractivity contribution in [3.63, 3.8) is 0 Å². The van der Waals surface area contributed by atoms with Gasteiger partial charge in [0.25, 0.3) is 0 Å². The Labute approximate surface area is 272 Å². The summed E-state index contributed by atoms with van der Waals surface area (Å²) in [6.45, 7) is 3.29. The fourth-order valence-corrected chi connectivity index (χ4v) is 8.46. The summed E-state index contributed by atoms with van der Waals surface area (Å²) in [5, 5.41) is 0. The van der Waals surface area contributed by atoms with E-state index in [9.17, 15) is 17.6 Å². The van der Waals surface area contributed by atoms with Crippen LogP contribution in [0.3, 0.4) is 0 Å². The number of nitrogens with two attached hydrogens (primary N) is 1. The molecule has 1 aliphatic carbocycles. The molecular weight excluding hydrogens is 603 g/mol. The normalized spacial score (nSPS) is 20.9. The number of likely N-dealkylation sites (tertiary alicyclic amines) is 1. The van der Waals surface area contributed by atoms with Crippen molar-refractivity contribution in [2.45, 2.75) is 68.5 Å². The molecule has 246 valence electrons. The molecule has 2 N–H and O–H groups in total. The van der Waals surface area contributed by atoms with E-state index < -0.39 is 16.1 Å². The van der Waals surface area contributed by atoms with Gasteiger partial charge in [-0.05, 0) is 84.7 Å². The number of amides is 1. The first-order valence-electron chi connectivity index (χ1n) is 16.6. The van der Waals surface area contributed by atoms with Crippen molar-refractivity contribution in [3.05, 3.63) is 84.2 Å². The van der Waals surface area contributed by atoms with E-state index in [1.807, 2.05) is 24.3 Å². The second-order valence-electron chi connectivity index (χ2n) is 13.0. The van der Waals surface area contributed by atoms with Crippen molar-refractivity contribution in [2.24, 2.45) is 11.7 Å². The van der Waals surface area contributed by atoms with E-state index in [4.69, 9.17) is 10.5 Å². The highest BCUT2D eigenvalue weighted by atomic mass is 32.2. The van der Waals surface area contributed by atoms with Gasteiger partial charge in [0.15, 0.2) is 0 Å². The van der Waals surface area contributed by atoms with E-state index in [0.717, 1.165) is 16.7 Å². The zero-order chi connectivity index (χ0) is 32.1. The van der Waals surface area contributed by atoms with Crippen molar-refractivity contribution in [3.8, 4) is 16.9 Å². The van der Waals surface area contributed by atoms with Gasteiger partial charge in [-0.3, -0.25) is 9.69 Å². The Balaban J connectivity index is 1.16. The molecule has 3 aromatic rings. The molecule has 0 aromatic heterocycles. The molecule has 2 aliphatic heterocycles. The van der Waals surface area contributed by atoms with Crippen LogP contribution in [-0.2, 0) is 21.4 Å². The third-order valence-corrected chi connectivity index (χ3v) is 11.7. The molecule has 8 nitrogen and oxygen atoms in total. The maximum absolute atomic E-state index is 14.1. The molecule has 1 amide bonds. The first kappa shape index (κ1) is 32.6. The van der Waals surface area contributed by atoms with Gasteiger partial charge in [-0.2, -0.15) is 4.31 Å². The highest BCUT2D eigenvalue weighted by Gasteiger charge is 2.42. The standard InChI is InChI=1S/C36H45FN4O4S/c37-31-12-10-30(11-13-31)29-8-6-27(7-9-29)24-39-22-23-41(35(25-39)36(42)40-20-18-32(38)19-21-40)46(43,44)34-16-14-33(15-17-34)45-26-28-4-2-1-3-5-28/h6-17,28,32,35H,1-5,18-26,38H2/t35-/m0/s1. The number of ether oxygens (including phenoxy) is 1. The first-order valence-corrected chi connectivity index (χ1v) is 18.1. The lowest BCUT2D eigenvalue weighted by atomic mass is 9.90. The van der Waals surface area contributed by atoms with Crippen molar-refractivity contribution < 1.29 is 22.3 Å². The number of carbonyl (C=O) groups is 1. The Morgan fingerprint density at radius 1 is 0.804 bits per heavy atom. The number of piperidine rings is 1. The second kappa shape index (κ2) is 14.6. The van der Waals surface area contributed by atoms with Crippen LogP contribution < -0.4 is 10.5 Å². The van der Waals surface area contributed by atoms with Crippen LogP contribution in [0.15, 0.2) is 77.7 Å². The van der Waals surface area contributed by atoms with Gasteiger partial charge < -0.3 is 15.4 Å². The summed E-state index contributed by atoms with van der Waals surface area (Å²) in [5.41, 5.74) is 9.08. The van der Waals surface area contributed by atoms with Gasteiger partial charge in [0.2, 0.25) is 15.9 Å². The smallest absolute Gasteiger partial charge is 0.243 e. The fourth-order valence-electron chi connectivity index (χ4n) is 6.90. The summed E-state index contributed by atoms with van der Waals surface area (Å²) in [6, 6.07) is 20.4. The number of hydrogen-bond donors (Lipinski definition) is 1. The minimum atomic E-state index is -3.94. The van der Waals surface area contributed by atoms with Crippen molar-refractivity contribution in [1.82, 2.24) is 14.1 Å². The zero-order valence-electron chi connectivity index (χ0n) is 26.4. The highest BCUT2D eigenvalue weighted by Crippen LogP contribution is 2.28. The Kier molecular flexibility index (Phi) is 10.4. The summed E-state index contributed by atoms with van der Waals surface area (Å²) < 4.78 is 48.9. The van der Waals surface area contributed by atoms with E-state index in [1.54, 1.807) is 41.3 Å². The molecule has 3 aliphatic rings. The lowest BCUT2D eigenvalue weighted by Gasteiger charge is -2.42. The van der Waals surface area contributed by atoms with Crippen LogP contribution in [0.5, 0.6) is 5.75 Å². The Morgan fingerprint density at radius 2 is 1.43 bits per heavy atom. The fraction of sp³-hybridized carbons (Fsp3) is 0.472. The van der Waals surface area contributed by atoms with Crippen LogP contribution >= 0.6 is 0 Å². The minimum Gasteiger partial charge on any atom is -0.493 e. The minimum absolute atomic E-state index is 0.0588. The SMILES string of the molecule is NC1CCN(C(=O)[C@@H]2CN(Cc3ccc(-c4ccc(F)cc4)cc3)CCN2S(=O)(=O)c2ccc(OCC3CCCCC3)cc2)CC1. The van der Waals surface area contributed by atoms with Crippen LogP contribution in [0.1, 0.15) is 50.5 Å². The van der Waals surface area contributed by atoms with Gasteiger partial charge in [-0.25, -0.2) is 12.8 Å². The summed E-state index contributed by atoms with van der Waals surface area (Å²) in [4.78, 5) is 18.1. The lowest BCUT2D eigenvalue weighted by molar-refractivity contribution is -0.138. The average molecular weight is 649 g/mol. The molecule has 3 fully saturated rings. The molecule has 2 saturated heterocycles. The average Bonchev–Trinajstić information content (AvgIpc) is 3.09. The van der Waals surface area contributed by atoms with E-state index in [1.165, 1.54) is 48.5 Å². The van der Waals surface area contributed by atoms with Crippen LogP contribution in [0.25, 0.3) is 11.1 Å². The summed E-state index contributed by atoms with van der Waals surface area (Å²) >= 11 is 0. The molecule has 6 rings (SSSR count). The molecule has 0 radical (unpaired) electrons. The Bertz CT molecular complexity index is 1550. The largest absolute Gasteiger partial charge is 0.493 e. The number of benzene rings is 3. The molecule has 0 bridgehead atoms. The van der Waals surface area contributed by atoms with Gasteiger partial charge >= 0.3 is 0 Å². The van der Waals surface area contributed by atoms with Crippen LogP contribution in [0.4, 0.5) is 4.39 Å². The number of piperazine rings is 1. The number of rotatable bonds is 9. The summed E-state index contributed by atoms with van der Waals surface area (Å²) in [6.07, 6.45) is 7.54. The third kappa shape index (κ3) is 7.79. The first-order chi connectivity index (χ1) is 22.3. The molecule has 10 heteroatoms. The zero-order valence-corrected chi connectivity index (χ0v) is 27.2. The number of halogens is 1. The number of nitrogens with zero attached hydrogens (tertiary/aromatic N) is 3. The Hall–Kier alpha value is -3.31. The van der Waals surface area contributed by atoms with Crippen LogP contribution in [0, 0.1) is 11.7 Å². The van der Waals surface area contributed by atoms with E-state index in [0.29, 0.717) is 63.8 Å². The van der Waals surface area contributed by atoms with Gasteiger partial charge in [-0.15, -0.1) is 0 Å². The maximum Gasteiger partial charge on any atom is 0.243 e. The summed E-state index contributed by atoms with van der Waals surface area (Å²) in [7, 11) is -3.94. The van der Waals surface area contributed by atoms with Crippen LogP contribution in [0.2, 0.25) is 0 Å². The number of carbonyl (C=O) groups excluding carboxylic acids is 1. The molecule has 2 heterocycles. The topological polar surface area (TPSA) is 96.2 Å². The van der Waals surface area contributed by atoms with Gasteiger partial charge in [-0.1, -0.05) is 55.7 Å². The predicted octanol–water partition coefficient (Wildman–Crippen LogP) is 5.28. The molecule has 0 spiro atoms. The molecule has 1 saturated carbocycles. The number of hydrogen-bond acceptors (Lipinski definition) is 6. The Morgan fingerprint density at radius 3 is 2.09 bits per heavy atom. The van der Waals surface area contributed by atoms with E-state index in [-0.39, 0.29) is 29.2 Å².